The Morgan fingerprint density at radius 3 is 2.65 bits per heavy atom. The molecule has 20 heavy (non-hydrogen) atoms. The van der Waals surface area contributed by atoms with Crippen LogP contribution in [0.3, 0.4) is 0 Å². The number of hydrogen-bond donors (Lipinski definition) is 1. The molecule has 0 aliphatic rings. The highest BCUT2D eigenvalue weighted by Crippen LogP contribution is 2.32. The lowest BCUT2D eigenvalue weighted by molar-refractivity contribution is 0.554. The smallest absolute Gasteiger partial charge is 0.0722 e. The summed E-state index contributed by atoms with van der Waals surface area (Å²) in [7, 11) is 0. The minimum absolute atomic E-state index is 0.334. The largest absolute Gasteiger partial charge is 0.377 e. The zero-order chi connectivity index (χ0) is 13.9. The summed E-state index contributed by atoms with van der Waals surface area (Å²) in [6, 6.07) is 15.0. The number of hydrogen-bond acceptors (Lipinski definition) is 3. The fourth-order valence-electron chi connectivity index (χ4n) is 2.42. The summed E-state index contributed by atoms with van der Waals surface area (Å²) in [5.41, 5.74) is 2.19. The van der Waals surface area contributed by atoms with Crippen LogP contribution in [0.15, 0.2) is 54.0 Å². The summed E-state index contributed by atoms with van der Waals surface area (Å²) >= 11 is 1.81. The van der Waals surface area contributed by atoms with E-state index in [1.807, 2.05) is 12.3 Å². The van der Waals surface area contributed by atoms with E-state index in [4.69, 9.17) is 0 Å². The van der Waals surface area contributed by atoms with Gasteiger partial charge in [-0.15, -0.1) is 11.3 Å². The van der Waals surface area contributed by atoms with Gasteiger partial charge in [-0.25, -0.2) is 0 Å². The molecule has 0 saturated heterocycles. The SMILES string of the molecule is CC(C)C(Nc1ccnc2ccccc12)c1cccs1. The van der Waals surface area contributed by atoms with E-state index in [-0.39, 0.29) is 0 Å². The van der Waals surface area contributed by atoms with Gasteiger partial charge in [0, 0.05) is 22.1 Å². The van der Waals surface area contributed by atoms with Crippen LogP contribution in [0.2, 0.25) is 0 Å². The molecule has 2 heterocycles. The Kier molecular flexibility index (Phi) is 3.70. The van der Waals surface area contributed by atoms with Gasteiger partial charge in [-0.05, 0) is 29.5 Å². The van der Waals surface area contributed by atoms with Crippen LogP contribution in [-0.2, 0) is 0 Å². The number of aromatic nitrogens is 1. The molecule has 3 aromatic rings. The molecule has 102 valence electrons. The van der Waals surface area contributed by atoms with Crippen LogP contribution < -0.4 is 5.32 Å². The molecule has 2 nitrogen and oxygen atoms in total. The van der Waals surface area contributed by atoms with Crippen LogP contribution in [-0.4, -0.2) is 4.98 Å². The van der Waals surface area contributed by atoms with E-state index in [2.05, 4.69) is 65.9 Å². The molecule has 0 aliphatic carbocycles. The topological polar surface area (TPSA) is 24.9 Å². The van der Waals surface area contributed by atoms with Crippen molar-refractivity contribution in [2.75, 3.05) is 5.32 Å². The molecule has 1 N–H and O–H groups in total. The van der Waals surface area contributed by atoms with Crippen LogP contribution >= 0.6 is 11.3 Å². The summed E-state index contributed by atoms with van der Waals surface area (Å²) in [6.07, 6.45) is 1.87. The number of para-hydroxylation sites is 1. The monoisotopic (exact) mass is 282 g/mol. The molecule has 0 aliphatic heterocycles. The summed E-state index contributed by atoms with van der Waals surface area (Å²) in [6.45, 7) is 4.50. The van der Waals surface area contributed by atoms with Gasteiger partial charge in [-0.1, -0.05) is 38.1 Å². The maximum Gasteiger partial charge on any atom is 0.0722 e. The van der Waals surface area contributed by atoms with Gasteiger partial charge < -0.3 is 5.32 Å². The highest BCUT2D eigenvalue weighted by Gasteiger charge is 2.17. The van der Waals surface area contributed by atoms with E-state index < -0.39 is 0 Å². The molecular formula is C17H18N2S. The normalized spacial score (nSPS) is 12.8. The van der Waals surface area contributed by atoms with Crippen molar-refractivity contribution in [3.05, 3.63) is 58.9 Å². The third kappa shape index (κ3) is 2.54. The van der Waals surface area contributed by atoms with Gasteiger partial charge in [0.05, 0.1) is 11.6 Å². The number of benzene rings is 1. The zero-order valence-electron chi connectivity index (χ0n) is 11.7. The van der Waals surface area contributed by atoms with Gasteiger partial charge in [-0.3, -0.25) is 4.98 Å². The van der Waals surface area contributed by atoms with Crippen LogP contribution in [0.5, 0.6) is 0 Å². The number of nitrogens with one attached hydrogen (secondary N) is 1. The van der Waals surface area contributed by atoms with E-state index in [1.165, 1.54) is 10.3 Å². The molecule has 3 heteroatoms. The van der Waals surface area contributed by atoms with Gasteiger partial charge in [-0.2, -0.15) is 0 Å². The molecular weight excluding hydrogens is 264 g/mol. The number of pyridine rings is 1. The zero-order valence-corrected chi connectivity index (χ0v) is 12.5. The molecule has 1 unspecified atom stereocenters. The first kappa shape index (κ1) is 13.1. The van der Waals surface area contributed by atoms with Gasteiger partial charge in [0.1, 0.15) is 0 Å². The third-order valence-electron chi connectivity index (χ3n) is 3.48. The van der Waals surface area contributed by atoms with Crippen molar-refractivity contribution >= 4 is 27.9 Å². The highest BCUT2D eigenvalue weighted by molar-refractivity contribution is 7.10. The first-order valence-corrected chi connectivity index (χ1v) is 7.77. The van der Waals surface area contributed by atoms with E-state index in [0.29, 0.717) is 12.0 Å². The minimum atomic E-state index is 0.334. The summed E-state index contributed by atoms with van der Waals surface area (Å²) < 4.78 is 0. The number of thiophene rings is 1. The first-order valence-electron chi connectivity index (χ1n) is 6.89. The molecule has 0 spiro atoms. The number of nitrogens with zero attached hydrogens (tertiary/aromatic N) is 1. The van der Waals surface area contributed by atoms with Crippen molar-refractivity contribution < 1.29 is 0 Å². The maximum atomic E-state index is 4.42. The van der Waals surface area contributed by atoms with Gasteiger partial charge in [0.15, 0.2) is 0 Å². The second-order valence-corrected chi connectivity index (χ2v) is 6.24. The molecule has 1 atom stereocenters. The van der Waals surface area contributed by atoms with Gasteiger partial charge in [0.2, 0.25) is 0 Å². The molecule has 0 radical (unpaired) electrons. The van der Waals surface area contributed by atoms with Crippen molar-refractivity contribution in [3.8, 4) is 0 Å². The van der Waals surface area contributed by atoms with E-state index in [0.717, 1.165) is 11.2 Å². The second-order valence-electron chi connectivity index (χ2n) is 5.26. The van der Waals surface area contributed by atoms with Crippen molar-refractivity contribution in [2.45, 2.75) is 19.9 Å². The summed E-state index contributed by atoms with van der Waals surface area (Å²) in [5.74, 6) is 0.528. The number of fused-ring (bicyclic) bond motifs is 1. The number of anilines is 1. The molecule has 1 aromatic carbocycles. The van der Waals surface area contributed by atoms with Crippen LogP contribution in [0.25, 0.3) is 10.9 Å². The van der Waals surface area contributed by atoms with Crippen LogP contribution in [0.1, 0.15) is 24.8 Å². The maximum absolute atomic E-state index is 4.42. The fourth-order valence-corrected chi connectivity index (χ4v) is 3.37. The summed E-state index contributed by atoms with van der Waals surface area (Å²) in [5, 5.41) is 7.01. The molecule has 0 fully saturated rings. The third-order valence-corrected chi connectivity index (χ3v) is 4.43. The number of rotatable bonds is 4. The quantitative estimate of drug-likeness (QED) is 0.719. The average molecular weight is 282 g/mol. The van der Waals surface area contributed by atoms with Crippen molar-refractivity contribution in [1.82, 2.24) is 4.98 Å². The lowest BCUT2D eigenvalue weighted by atomic mass is 10.0. The predicted octanol–water partition coefficient (Wildman–Crippen LogP) is 5.11. The average Bonchev–Trinajstić information content (AvgIpc) is 2.98. The fraction of sp³-hybridized carbons (Fsp3) is 0.235. The molecule has 0 saturated carbocycles. The van der Waals surface area contributed by atoms with Crippen molar-refractivity contribution in [1.29, 1.82) is 0 Å². The molecule has 0 bridgehead atoms. The van der Waals surface area contributed by atoms with Crippen LogP contribution in [0, 0.1) is 5.92 Å². The van der Waals surface area contributed by atoms with E-state index in [1.54, 1.807) is 11.3 Å². The lowest BCUT2D eigenvalue weighted by Gasteiger charge is -2.23. The van der Waals surface area contributed by atoms with Crippen LogP contribution in [0.4, 0.5) is 5.69 Å². The molecule has 0 amide bonds. The van der Waals surface area contributed by atoms with Gasteiger partial charge >= 0.3 is 0 Å². The first-order chi connectivity index (χ1) is 9.75. The highest BCUT2D eigenvalue weighted by atomic mass is 32.1. The second kappa shape index (κ2) is 5.63. The molecule has 3 rings (SSSR count). The Hall–Kier alpha value is -1.87. The Morgan fingerprint density at radius 1 is 1.05 bits per heavy atom. The molecule has 2 aromatic heterocycles. The van der Waals surface area contributed by atoms with E-state index >= 15 is 0 Å². The predicted molar refractivity (Wildman–Crippen MR) is 87.3 cm³/mol. The Labute approximate surface area is 123 Å². The Balaban J connectivity index is 1.99. The minimum Gasteiger partial charge on any atom is -0.377 e. The Bertz CT molecular complexity index is 684. The Morgan fingerprint density at radius 2 is 1.90 bits per heavy atom. The lowest BCUT2D eigenvalue weighted by Crippen LogP contribution is -2.15. The van der Waals surface area contributed by atoms with E-state index in [9.17, 15) is 0 Å². The van der Waals surface area contributed by atoms with Gasteiger partial charge in [0.25, 0.3) is 0 Å². The standard InChI is InChI=1S/C17H18N2S/c1-12(2)17(16-8-5-11-20-16)19-15-9-10-18-14-7-4-3-6-13(14)15/h3-12,17H,1-2H3,(H,18,19). The summed E-state index contributed by atoms with van der Waals surface area (Å²) in [4.78, 5) is 5.80. The van der Waals surface area contributed by atoms with Crippen molar-refractivity contribution in [3.63, 3.8) is 0 Å². The van der Waals surface area contributed by atoms with Crippen molar-refractivity contribution in [2.24, 2.45) is 5.92 Å².